The van der Waals surface area contributed by atoms with Crippen LogP contribution in [0, 0.1) is 0 Å². The fraction of sp³-hybridized carbons (Fsp3) is 0.750. The van der Waals surface area contributed by atoms with E-state index in [2.05, 4.69) is 4.74 Å². The average Bonchev–Trinajstić information content (AvgIpc) is 1.61. The van der Waals surface area contributed by atoms with Crippen molar-refractivity contribution in [3.8, 4) is 0 Å². The minimum absolute atomic E-state index is 0.177. The van der Waals surface area contributed by atoms with Crippen molar-refractivity contribution >= 4 is 20.9 Å². The predicted octanol–water partition coefficient (Wildman–Crippen LogP) is 0.259. The van der Waals surface area contributed by atoms with E-state index in [0.29, 0.717) is 20.5 Å². The molecule has 42 valence electrons. The summed E-state index contributed by atoms with van der Waals surface area (Å²) >= 11 is 0.464. The molecule has 0 rings (SSSR count). The van der Waals surface area contributed by atoms with E-state index in [4.69, 9.17) is 0 Å². The summed E-state index contributed by atoms with van der Waals surface area (Å²) in [6.07, 6.45) is 0. The second-order valence-corrected chi connectivity index (χ2v) is 2.75. The summed E-state index contributed by atoms with van der Waals surface area (Å²) in [5.41, 5.74) is 0.613. The Morgan fingerprint density at radius 3 is 2.57 bits per heavy atom. The van der Waals surface area contributed by atoms with E-state index in [1.54, 1.807) is 0 Å². The molecule has 0 atom stereocenters. The summed E-state index contributed by atoms with van der Waals surface area (Å²) in [6.45, 7) is 1.42. The van der Waals surface area contributed by atoms with Gasteiger partial charge < -0.3 is 0 Å². The third-order valence-electron chi connectivity index (χ3n) is 0.380. The van der Waals surface area contributed by atoms with Crippen LogP contribution >= 0.6 is 0 Å². The van der Waals surface area contributed by atoms with Crippen LogP contribution in [0.2, 0.25) is 5.82 Å². The van der Waals surface area contributed by atoms with E-state index in [1.165, 1.54) is 6.92 Å². The van der Waals surface area contributed by atoms with Gasteiger partial charge in [0.05, 0.1) is 0 Å². The Labute approximate surface area is 49.4 Å². The first-order valence-electron chi connectivity index (χ1n) is 1.89. The summed E-state index contributed by atoms with van der Waals surface area (Å²) in [7, 11) is 0. The monoisotopic (exact) mass is 168 g/mol. The minimum atomic E-state index is -0.177. The van der Waals surface area contributed by atoms with Crippen molar-refractivity contribution in [3.05, 3.63) is 0 Å². The maximum absolute atomic E-state index is 9.99. The molecular weight excluding hydrogens is 159 g/mol. The number of hydrogen-bond acceptors (Lipinski definition) is 2. The molecule has 0 aromatic heterocycles. The van der Waals surface area contributed by atoms with Gasteiger partial charge in [-0.25, -0.2) is 0 Å². The van der Waals surface area contributed by atoms with E-state index in [-0.39, 0.29) is 5.97 Å². The van der Waals surface area contributed by atoms with Crippen LogP contribution in [-0.4, -0.2) is 26.4 Å². The molecule has 0 heterocycles. The summed E-state index contributed by atoms with van der Waals surface area (Å²) in [5.74, 6) is 1.85. The number of esters is 1. The van der Waals surface area contributed by atoms with Crippen LogP contribution in [0.5, 0.6) is 0 Å². The van der Waals surface area contributed by atoms with Crippen LogP contribution in [0.1, 0.15) is 6.92 Å². The molecule has 3 heteroatoms. The van der Waals surface area contributed by atoms with Crippen molar-refractivity contribution < 1.29 is 9.53 Å². The molecule has 0 aromatic rings. The second-order valence-electron chi connectivity index (χ2n) is 1.04. The van der Waals surface area contributed by atoms with Gasteiger partial charge in [0.15, 0.2) is 0 Å². The number of rotatable bonds is 2. The van der Waals surface area contributed by atoms with Crippen molar-refractivity contribution in [2.45, 2.75) is 12.7 Å². The Bertz CT molecular complexity index is 62.7. The number of hydrogen-bond donors (Lipinski definition) is 0. The summed E-state index contributed by atoms with van der Waals surface area (Å²) in [5, 5.41) is 0. The Morgan fingerprint density at radius 2 is 2.43 bits per heavy atom. The van der Waals surface area contributed by atoms with Crippen LogP contribution in [-0.2, 0) is 9.53 Å². The summed E-state index contributed by atoms with van der Waals surface area (Å²) in [6, 6.07) is 0. The molecule has 0 aromatic carbocycles. The third kappa shape index (κ3) is 5.99. The Morgan fingerprint density at radius 1 is 1.86 bits per heavy atom. The van der Waals surface area contributed by atoms with E-state index < -0.39 is 0 Å². The first kappa shape index (κ1) is 6.99. The van der Waals surface area contributed by atoms with Crippen molar-refractivity contribution in [1.82, 2.24) is 0 Å². The molecule has 0 bridgehead atoms. The van der Waals surface area contributed by atoms with E-state index in [1.807, 2.05) is 5.82 Å². The van der Waals surface area contributed by atoms with Gasteiger partial charge in [0.2, 0.25) is 0 Å². The molecule has 0 saturated heterocycles. The summed E-state index contributed by atoms with van der Waals surface area (Å²) < 4.78 is 4.58. The number of carbonyl (C=O) groups is 1. The molecule has 0 aliphatic heterocycles. The van der Waals surface area contributed by atoms with E-state index in [9.17, 15) is 4.79 Å². The molecule has 0 unspecified atom stereocenters. The first-order chi connectivity index (χ1) is 3.27. The van der Waals surface area contributed by atoms with Gasteiger partial charge in [0, 0.05) is 0 Å². The molecular formula is C4H8O2Se. The zero-order valence-electron chi connectivity index (χ0n) is 4.43. The normalized spacial score (nSPS) is 8.29. The van der Waals surface area contributed by atoms with Crippen molar-refractivity contribution in [1.29, 1.82) is 0 Å². The Hall–Kier alpha value is -0.0105. The van der Waals surface area contributed by atoms with Gasteiger partial charge in [-0.05, 0) is 0 Å². The second kappa shape index (κ2) is 4.16. The molecule has 0 fully saturated rings. The molecule has 0 spiro atoms. The topological polar surface area (TPSA) is 26.3 Å². The molecule has 0 radical (unpaired) electrons. The van der Waals surface area contributed by atoms with Gasteiger partial charge in [0.1, 0.15) is 0 Å². The van der Waals surface area contributed by atoms with Gasteiger partial charge in [-0.3, -0.25) is 0 Å². The standard InChI is InChI=1S/C4H8O2Se/c1-4(5)6-3-7-2/h3H2,1-2H3. The third-order valence-corrected chi connectivity index (χ3v) is 1.12. The Balaban J connectivity index is 2.82. The number of ether oxygens (including phenoxy) is 1. The zero-order chi connectivity index (χ0) is 5.70. The molecule has 0 aliphatic carbocycles. The first-order valence-corrected chi connectivity index (χ1v) is 4.82. The van der Waals surface area contributed by atoms with Crippen LogP contribution in [0.4, 0.5) is 0 Å². The maximum atomic E-state index is 9.99. The molecule has 0 saturated carbocycles. The zero-order valence-corrected chi connectivity index (χ0v) is 6.14. The van der Waals surface area contributed by atoms with Crippen molar-refractivity contribution in [2.24, 2.45) is 0 Å². The SMILES string of the molecule is C[Se]COC(C)=O. The average molecular weight is 167 g/mol. The molecule has 0 N–H and O–H groups in total. The summed E-state index contributed by atoms with van der Waals surface area (Å²) in [4.78, 5) is 9.99. The predicted molar refractivity (Wildman–Crippen MR) is 28.3 cm³/mol. The van der Waals surface area contributed by atoms with Crippen LogP contribution < -0.4 is 0 Å². The number of carbonyl (C=O) groups excluding carboxylic acids is 1. The molecule has 0 aliphatic rings. The fourth-order valence-corrected chi connectivity index (χ4v) is 0.737. The molecule has 2 nitrogen and oxygen atoms in total. The van der Waals surface area contributed by atoms with Crippen molar-refractivity contribution in [2.75, 3.05) is 5.51 Å². The molecule has 7 heavy (non-hydrogen) atoms. The van der Waals surface area contributed by atoms with Crippen LogP contribution in [0.15, 0.2) is 0 Å². The Kier molecular flexibility index (Phi) is 4.15. The van der Waals surface area contributed by atoms with Crippen LogP contribution in [0.25, 0.3) is 0 Å². The van der Waals surface area contributed by atoms with Gasteiger partial charge >= 0.3 is 48.7 Å². The van der Waals surface area contributed by atoms with Crippen molar-refractivity contribution in [3.63, 3.8) is 0 Å². The van der Waals surface area contributed by atoms with Gasteiger partial charge in [-0.1, -0.05) is 0 Å². The van der Waals surface area contributed by atoms with Gasteiger partial charge in [-0.2, -0.15) is 0 Å². The van der Waals surface area contributed by atoms with Gasteiger partial charge in [-0.15, -0.1) is 0 Å². The van der Waals surface area contributed by atoms with Crippen LogP contribution in [0.3, 0.4) is 0 Å². The van der Waals surface area contributed by atoms with E-state index >= 15 is 0 Å². The van der Waals surface area contributed by atoms with E-state index in [0.717, 1.165) is 0 Å². The fourth-order valence-electron chi connectivity index (χ4n) is 0.142. The van der Waals surface area contributed by atoms with Gasteiger partial charge in [0.25, 0.3) is 0 Å². The quantitative estimate of drug-likeness (QED) is 0.435. The molecule has 0 amide bonds.